The van der Waals surface area contributed by atoms with E-state index >= 15 is 0 Å². The summed E-state index contributed by atoms with van der Waals surface area (Å²) in [5, 5.41) is 9.34. The van der Waals surface area contributed by atoms with Crippen molar-refractivity contribution in [1.82, 2.24) is 0 Å². The topological polar surface area (TPSA) is 32.7 Å². The summed E-state index contributed by atoms with van der Waals surface area (Å²) in [6.45, 7) is 4.42. The Labute approximate surface area is 107 Å². The zero-order valence-corrected chi connectivity index (χ0v) is 10.7. The third-order valence-corrected chi connectivity index (χ3v) is 3.36. The Kier molecular flexibility index (Phi) is 4.55. The molecule has 1 aliphatic heterocycles. The number of halogens is 1. The lowest BCUT2D eigenvalue weighted by atomic mass is 10.1. The molecule has 1 unspecified atom stereocenters. The quantitative estimate of drug-likeness (QED) is 0.897. The van der Waals surface area contributed by atoms with Crippen LogP contribution in [0.25, 0.3) is 0 Å². The second-order valence-electron chi connectivity index (χ2n) is 4.63. The van der Waals surface area contributed by atoms with Crippen LogP contribution in [0.2, 0.25) is 0 Å². The molecule has 0 saturated carbocycles. The normalized spacial score (nSPS) is 20.8. The fourth-order valence-electron chi connectivity index (χ4n) is 2.35. The maximum Gasteiger partial charge on any atom is 0.123 e. The van der Waals surface area contributed by atoms with Gasteiger partial charge in [0.05, 0.1) is 12.7 Å². The Hall–Kier alpha value is -1.13. The molecule has 1 N–H and O–H groups in total. The van der Waals surface area contributed by atoms with Gasteiger partial charge in [-0.05, 0) is 31.0 Å². The number of nitrogens with zero attached hydrogens (tertiary/aromatic N) is 1. The molecule has 3 nitrogen and oxygen atoms in total. The minimum atomic E-state index is -0.305. The van der Waals surface area contributed by atoms with Crippen LogP contribution in [0.3, 0.4) is 0 Å². The molecule has 0 bridgehead atoms. The number of hydrogen-bond acceptors (Lipinski definition) is 3. The maximum absolute atomic E-state index is 13.2. The molecule has 1 aliphatic rings. The molecule has 0 amide bonds. The Balaban J connectivity index is 2.23. The number of aliphatic hydroxyl groups excluding tert-OH is 1. The molecule has 1 fully saturated rings. The Morgan fingerprint density at radius 2 is 2.33 bits per heavy atom. The van der Waals surface area contributed by atoms with Crippen molar-refractivity contribution in [3.8, 4) is 0 Å². The molecule has 0 spiro atoms. The van der Waals surface area contributed by atoms with Gasteiger partial charge in [-0.15, -0.1) is 0 Å². The van der Waals surface area contributed by atoms with Gasteiger partial charge in [0.25, 0.3) is 0 Å². The lowest BCUT2D eigenvalue weighted by Crippen LogP contribution is -2.32. The molecule has 1 atom stereocenters. The van der Waals surface area contributed by atoms with Crippen LogP contribution in [-0.2, 0) is 11.3 Å². The summed E-state index contributed by atoms with van der Waals surface area (Å²) in [7, 11) is 0. The van der Waals surface area contributed by atoms with Crippen LogP contribution in [0.4, 0.5) is 10.1 Å². The van der Waals surface area contributed by atoms with Crippen molar-refractivity contribution < 1.29 is 14.2 Å². The van der Waals surface area contributed by atoms with Gasteiger partial charge < -0.3 is 14.7 Å². The number of aliphatic hydroxyl groups is 1. The summed E-state index contributed by atoms with van der Waals surface area (Å²) < 4.78 is 18.9. The van der Waals surface area contributed by atoms with E-state index in [0.29, 0.717) is 5.56 Å². The number of benzene rings is 1. The highest BCUT2D eigenvalue weighted by atomic mass is 19.1. The van der Waals surface area contributed by atoms with E-state index in [0.717, 1.165) is 38.2 Å². The molecular weight excluding hydrogens is 233 g/mol. The van der Waals surface area contributed by atoms with Crippen LogP contribution in [-0.4, -0.2) is 30.9 Å². The second kappa shape index (κ2) is 6.16. The number of ether oxygens (including phenoxy) is 1. The van der Waals surface area contributed by atoms with Crippen LogP contribution in [0.1, 0.15) is 25.3 Å². The van der Waals surface area contributed by atoms with E-state index in [-0.39, 0.29) is 18.5 Å². The summed E-state index contributed by atoms with van der Waals surface area (Å²) in [6, 6.07) is 4.60. The van der Waals surface area contributed by atoms with Gasteiger partial charge in [0.2, 0.25) is 0 Å². The maximum atomic E-state index is 13.2. The van der Waals surface area contributed by atoms with Gasteiger partial charge in [0.15, 0.2) is 0 Å². The third-order valence-electron chi connectivity index (χ3n) is 3.36. The smallest absolute Gasteiger partial charge is 0.123 e. The summed E-state index contributed by atoms with van der Waals surface area (Å²) >= 11 is 0. The first kappa shape index (κ1) is 13.3. The van der Waals surface area contributed by atoms with E-state index in [2.05, 4.69) is 11.8 Å². The van der Waals surface area contributed by atoms with Gasteiger partial charge in [0, 0.05) is 30.9 Å². The van der Waals surface area contributed by atoms with Crippen molar-refractivity contribution in [1.29, 1.82) is 0 Å². The highest BCUT2D eigenvalue weighted by Gasteiger charge is 2.19. The zero-order chi connectivity index (χ0) is 13.0. The van der Waals surface area contributed by atoms with E-state index in [9.17, 15) is 9.50 Å². The fourth-order valence-corrected chi connectivity index (χ4v) is 2.35. The Morgan fingerprint density at radius 3 is 3.06 bits per heavy atom. The van der Waals surface area contributed by atoms with Crippen molar-refractivity contribution >= 4 is 5.69 Å². The highest BCUT2D eigenvalue weighted by Crippen LogP contribution is 2.24. The number of rotatable bonds is 3. The molecule has 18 heavy (non-hydrogen) atoms. The van der Waals surface area contributed by atoms with Crippen LogP contribution < -0.4 is 4.90 Å². The van der Waals surface area contributed by atoms with Gasteiger partial charge in [-0.25, -0.2) is 4.39 Å². The molecule has 1 saturated heterocycles. The molecule has 0 aliphatic carbocycles. The standard InChI is InChI=1S/C14H20FNO2/c1-2-13-9-16(6-3-7-18-13)14-5-4-12(15)8-11(14)10-17/h4-5,8,13,17H,2-3,6-7,9-10H2,1H3. The minimum absolute atomic E-state index is 0.138. The summed E-state index contributed by atoms with van der Waals surface area (Å²) in [6.07, 6.45) is 2.13. The zero-order valence-electron chi connectivity index (χ0n) is 10.7. The fraction of sp³-hybridized carbons (Fsp3) is 0.571. The van der Waals surface area contributed by atoms with E-state index in [1.54, 1.807) is 6.07 Å². The lowest BCUT2D eigenvalue weighted by Gasteiger charge is -2.27. The molecule has 1 heterocycles. The first-order valence-corrected chi connectivity index (χ1v) is 6.50. The van der Waals surface area contributed by atoms with Crippen molar-refractivity contribution in [2.75, 3.05) is 24.6 Å². The van der Waals surface area contributed by atoms with E-state index in [1.165, 1.54) is 12.1 Å². The first-order valence-electron chi connectivity index (χ1n) is 6.50. The van der Waals surface area contributed by atoms with Crippen LogP contribution in [0.15, 0.2) is 18.2 Å². The molecule has 0 aromatic heterocycles. The molecular formula is C14H20FNO2. The predicted octanol–water partition coefficient (Wildman–Crippen LogP) is 2.32. The monoisotopic (exact) mass is 253 g/mol. The van der Waals surface area contributed by atoms with Gasteiger partial charge >= 0.3 is 0 Å². The number of hydrogen-bond donors (Lipinski definition) is 1. The molecule has 1 aromatic carbocycles. The van der Waals surface area contributed by atoms with E-state index < -0.39 is 0 Å². The molecule has 0 radical (unpaired) electrons. The molecule has 2 rings (SSSR count). The lowest BCUT2D eigenvalue weighted by molar-refractivity contribution is 0.0664. The van der Waals surface area contributed by atoms with Gasteiger partial charge in [0.1, 0.15) is 5.82 Å². The van der Waals surface area contributed by atoms with E-state index in [4.69, 9.17) is 4.74 Å². The number of anilines is 1. The van der Waals surface area contributed by atoms with Crippen molar-refractivity contribution in [2.45, 2.75) is 32.5 Å². The SMILES string of the molecule is CCC1CN(c2ccc(F)cc2CO)CCCO1. The average Bonchev–Trinajstić information content (AvgIpc) is 2.63. The van der Waals surface area contributed by atoms with E-state index in [1.807, 2.05) is 0 Å². The van der Waals surface area contributed by atoms with Gasteiger partial charge in [-0.1, -0.05) is 6.92 Å². The average molecular weight is 253 g/mol. The first-order chi connectivity index (χ1) is 8.74. The summed E-state index contributed by atoms with van der Waals surface area (Å²) in [5.74, 6) is -0.305. The minimum Gasteiger partial charge on any atom is -0.392 e. The van der Waals surface area contributed by atoms with Crippen LogP contribution in [0, 0.1) is 5.82 Å². The van der Waals surface area contributed by atoms with Crippen molar-refractivity contribution in [3.63, 3.8) is 0 Å². The highest BCUT2D eigenvalue weighted by molar-refractivity contribution is 5.53. The van der Waals surface area contributed by atoms with Crippen molar-refractivity contribution in [3.05, 3.63) is 29.6 Å². The molecule has 4 heteroatoms. The largest absolute Gasteiger partial charge is 0.392 e. The second-order valence-corrected chi connectivity index (χ2v) is 4.63. The van der Waals surface area contributed by atoms with Gasteiger partial charge in [-0.3, -0.25) is 0 Å². The van der Waals surface area contributed by atoms with Crippen LogP contribution >= 0.6 is 0 Å². The summed E-state index contributed by atoms with van der Waals surface area (Å²) in [5.41, 5.74) is 1.56. The third kappa shape index (κ3) is 3.00. The molecule has 1 aromatic rings. The summed E-state index contributed by atoms with van der Waals surface area (Å²) in [4.78, 5) is 2.19. The molecule has 100 valence electrons. The predicted molar refractivity (Wildman–Crippen MR) is 69.2 cm³/mol. The van der Waals surface area contributed by atoms with Crippen molar-refractivity contribution in [2.24, 2.45) is 0 Å². The Morgan fingerprint density at radius 1 is 1.50 bits per heavy atom. The Bertz CT molecular complexity index is 397. The van der Waals surface area contributed by atoms with Crippen LogP contribution in [0.5, 0.6) is 0 Å². The van der Waals surface area contributed by atoms with Gasteiger partial charge in [-0.2, -0.15) is 0 Å².